The molecule has 1 atom stereocenters. The van der Waals surface area contributed by atoms with Gasteiger partial charge in [-0.2, -0.15) is 0 Å². The van der Waals surface area contributed by atoms with E-state index in [2.05, 4.69) is 55.7 Å². The van der Waals surface area contributed by atoms with E-state index < -0.39 is 6.29 Å². The van der Waals surface area contributed by atoms with E-state index in [1.807, 2.05) is 24.3 Å². The van der Waals surface area contributed by atoms with E-state index in [-0.39, 0.29) is 21.7 Å². The van der Waals surface area contributed by atoms with Gasteiger partial charge < -0.3 is 20.3 Å². The number of nitrogens with one attached hydrogen (secondary N) is 1. The van der Waals surface area contributed by atoms with Gasteiger partial charge in [0, 0.05) is 46.8 Å². The molecule has 5 heteroatoms. The van der Waals surface area contributed by atoms with Gasteiger partial charge in [-0.3, -0.25) is 0 Å². The van der Waals surface area contributed by atoms with Gasteiger partial charge in [0.25, 0.3) is 0 Å². The maximum atomic E-state index is 8.96. The summed E-state index contributed by atoms with van der Waals surface area (Å²) in [5.74, 6) is 1.68. The van der Waals surface area contributed by atoms with E-state index in [9.17, 15) is 0 Å². The summed E-state index contributed by atoms with van der Waals surface area (Å²) in [6.07, 6.45) is -0.455. The third kappa shape index (κ3) is 4.18. The van der Waals surface area contributed by atoms with Crippen LogP contribution in [-0.2, 0) is 21.7 Å². The summed E-state index contributed by atoms with van der Waals surface area (Å²) in [6, 6.07) is 14.6. The van der Waals surface area contributed by atoms with Crippen LogP contribution >= 0.6 is 0 Å². The molecule has 0 aliphatic carbocycles. The van der Waals surface area contributed by atoms with Crippen molar-refractivity contribution in [1.29, 1.82) is 0 Å². The van der Waals surface area contributed by atoms with Gasteiger partial charge >= 0.3 is 0 Å². The first-order chi connectivity index (χ1) is 12.5. The van der Waals surface area contributed by atoms with Crippen molar-refractivity contribution in [3.63, 3.8) is 0 Å². The largest absolute Gasteiger partial charge is 0.640 e. The molecule has 1 aliphatic rings. The minimum atomic E-state index is -0.455. The van der Waals surface area contributed by atoms with Crippen LogP contribution in [0.2, 0.25) is 0 Å². The third-order valence-corrected chi connectivity index (χ3v) is 5.20. The molecule has 0 saturated carbocycles. The predicted octanol–water partition coefficient (Wildman–Crippen LogP) is 5.60. The molecule has 0 bridgehead atoms. The summed E-state index contributed by atoms with van der Waals surface area (Å²) in [5.41, 5.74) is 13.9. The maximum absolute atomic E-state index is 8.96. The third-order valence-electron chi connectivity index (χ3n) is 5.20. The molecule has 0 amide bonds. The van der Waals surface area contributed by atoms with Gasteiger partial charge in [-0.1, -0.05) is 58.0 Å². The van der Waals surface area contributed by atoms with Crippen molar-refractivity contribution in [1.82, 2.24) is 0 Å². The van der Waals surface area contributed by atoms with Crippen molar-refractivity contribution in [2.75, 3.05) is 30.0 Å². The van der Waals surface area contributed by atoms with Gasteiger partial charge in [0.05, 0.1) is 12.8 Å². The summed E-state index contributed by atoms with van der Waals surface area (Å²) < 4.78 is 5.53. The number of rotatable bonds is 5. The number of ether oxygens (including phenoxy) is 1. The van der Waals surface area contributed by atoms with Crippen LogP contribution in [0.4, 0.5) is 11.4 Å². The monoisotopic (exact) mass is 400 g/mol. The second kappa shape index (κ2) is 9.14. The zero-order chi connectivity index (χ0) is 18.8. The Bertz CT molecular complexity index is 737. The van der Waals surface area contributed by atoms with E-state index in [0.29, 0.717) is 11.8 Å². The van der Waals surface area contributed by atoms with E-state index in [4.69, 9.17) is 10.5 Å². The van der Waals surface area contributed by atoms with Crippen LogP contribution < -0.4 is 14.5 Å². The number of hydrogen-bond acceptors (Lipinski definition) is 3. The molecule has 0 aromatic heterocycles. The predicted molar refractivity (Wildman–Crippen MR) is 110 cm³/mol. The second-order valence-corrected chi connectivity index (χ2v) is 7.53. The van der Waals surface area contributed by atoms with Gasteiger partial charge in [0.1, 0.15) is 5.75 Å². The number of nitrogens with zero attached hydrogens (tertiary/aromatic N) is 2. The van der Waals surface area contributed by atoms with Crippen LogP contribution in [0, 0.1) is 0 Å². The zero-order valence-corrected chi connectivity index (χ0v) is 18.6. The Balaban J connectivity index is 0.00000261. The molecule has 4 nitrogen and oxygen atoms in total. The standard InChI is InChI=1S/C22H30N3O.Ti/c1-15(2)17-9-8-10-18(16(3)4)21(17)25-14-13-24(22(25)23)19-11-6-7-12-20(19)26-5;/h6-12,15-16,22-23H,13-14H2,1-5H3;/q-1;. The summed E-state index contributed by atoms with van der Waals surface area (Å²) in [4.78, 5) is 4.37. The van der Waals surface area contributed by atoms with Crippen LogP contribution in [0.25, 0.3) is 5.73 Å². The smallest absolute Gasteiger partial charge is 0.142 e. The fraction of sp³-hybridized carbons (Fsp3) is 0.455. The van der Waals surface area contributed by atoms with E-state index in [1.165, 1.54) is 16.8 Å². The van der Waals surface area contributed by atoms with E-state index >= 15 is 0 Å². The van der Waals surface area contributed by atoms with Crippen molar-refractivity contribution in [2.24, 2.45) is 0 Å². The minimum absolute atomic E-state index is 0. The van der Waals surface area contributed by atoms with Crippen LogP contribution in [0.1, 0.15) is 50.7 Å². The Hall–Kier alpha value is -1.49. The Labute approximate surface area is 178 Å². The van der Waals surface area contributed by atoms with Gasteiger partial charge in [-0.15, -0.1) is 0 Å². The molecule has 2 aromatic carbocycles. The van der Waals surface area contributed by atoms with E-state index in [0.717, 1.165) is 24.5 Å². The molecule has 27 heavy (non-hydrogen) atoms. The van der Waals surface area contributed by atoms with Gasteiger partial charge in [-0.25, -0.2) is 0 Å². The second-order valence-electron chi connectivity index (χ2n) is 7.53. The molecule has 1 fully saturated rings. The summed E-state index contributed by atoms with van der Waals surface area (Å²) >= 11 is 0. The summed E-state index contributed by atoms with van der Waals surface area (Å²) in [7, 11) is 1.69. The Morgan fingerprint density at radius 2 is 1.44 bits per heavy atom. The molecule has 1 unspecified atom stereocenters. The normalized spacial score (nSPS) is 16.8. The molecule has 0 spiro atoms. The molecule has 144 valence electrons. The van der Waals surface area contributed by atoms with Crippen molar-refractivity contribution < 1.29 is 26.5 Å². The van der Waals surface area contributed by atoms with Crippen molar-refractivity contribution in [3.05, 3.63) is 59.3 Å². The van der Waals surface area contributed by atoms with E-state index in [1.54, 1.807) is 7.11 Å². The summed E-state index contributed by atoms with van der Waals surface area (Å²) in [6.45, 7) is 10.6. The number of benzene rings is 2. The first-order valence-electron chi connectivity index (χ1n) is 9.46. The number of anilines is 2. The first-order valence-corrected chi connectivity index (χ1v) is 9.46. The fourth-order valence-electron chi connectivity index (χ4n) is 3.83. The van der Waals surface area contributed by atoms with Crippen molar-refractivity contribution in [3.8, 4) is 5.75 Å². The molecule has 1 aliphatic heterocycles. The number of para-hydroxylation sites is 3. The zero-order valence-electron chi connectivity index (χ0n) is 17.0. The van der Waals surface area contributed by atoms with Gasteiger partial charge in [-0.05, 0) is 35.1 Å². The maximum Gasteiger partial charge on any atom is 0.142 e. The fourth-order valence-corrected chi connectivity index (χ4v) is 3.83. The van der Waals surface area contributed by atoms with Gasteiger partial charge in [0.2, 0.25) is 0 Å². The topological polar surface area (TPSA) is 39.5 Å². The average Bonchev–Trinajstić information content (AvgIpc) is 3.01. The molecule has 0 radical (unpaired) electrons. The SMILES string of the molecule is COc1ccccc1N1CCN(c2c(C(C)C)cccc2C(C)C)C1[NH-].[Ti]. The van der Waals surface area contributed by atoms with Crippen LogP contribution in [0.3, 0.4) is 0 Å². The first kappa shape index (κ1) is 21.8. The number of hydrogen-bond donors (Lipinski definition) is 0. The molecular weight excluding hydrogens is 370 g/mol. The molecule has 1 saturated heterocycles. The number of methoxy groups -OCH3 is 1. The van der Waals surface area contributed by atoms with Crippen LogP contribution in [0.5, 0.6) is 5.75 Å². The molecule has 2 aromatic rings. The average molecular weight is 400 g/mol. The van der Waals surface area contributed by atoms with Crippen molar-refractivity contribution >= 4 is 11.4 Å². The Kier molecular flexibility index (Phi) is 7.38. The van der Waals surface area contributed by atoms with Crippen LogP contribution in [-0.4, -0.2) is 26.5 Å². The Morgan fingerprint density at radius 1 is 0.889 bits per heavy atom. The molecule has 1 N–H and O–H groups in total. The molecular formula is C22H30N3OTi-. The quantitative estimate of drug-likeness (QED) is 0.613. The molecule has 3 rings (SSSR count). The van der Waals surface area contributed by atoms with Crippen molar-refractivity contribution in [2.45, 2.75) is 45.8 Å². The van der Waals surface area contributed by atoms with Gasteiger partial charge in [0.15, 0.2) is 0 Å². The minimum Gasteiger partial charge on any atom is -0.640 e. The molecule has 1 heterocycles. The summed E-state index contributed by atoms with van der Waals surface area (Å²) in [5, 5.41) is 0. The van der Waals surface area contributed by atoms with Crippen LogP contribution in [0.15, 0.2) is 42.5 Å². The Morgan fingerprint density at radius 3 is 2.00 bits per heavy atom.